The highest BCUT2D eigenvalue weighted by Gasteiger charge is 2.09. The first kappa shape index (κ1) is 15.5. The Balaban J connectivity index is 1.92. The summed E-state index contributed by atoms with van der Waals surface area (Å²) in [5, 5.41) is 10.6. The zero-order valence-corrected chi connectivity index (χ0v) is 12.3. The number of carbonyl (C=O) groups excluding carboxylic acids is 2. The minimum atomic E-state index is -0.885. The standard InChI is InChI=1S/C14H17N5O3/c1-9(2)12-7-19(18-17-12)8-13(20)16-10-3-5-11(6-4-10)22-14(15)21/h3-7,9H,8H2,1-2H3,(H2,15,21)(H,16,20). The number of anilines is 1. The molecule has 0 fully saturated rings. The van der Waals surface area contributed by atoms with Crippen LogP contribution in [0.2, 0.25) is 0 Å². The van der Waals surface area contributed by atoms with Gasteiger partial charge in [0.05, 0.1) is 5.69 Å². The summed E-state index contributed by atoms with van der Waals surface area (Å²) in [6, 6.07) is 6.29. The number of nitrogens with two attached hydrogens (primary N) is 1. The maximum atomic E-state index is 11.9. The topological polar surface area (TPSA) is 112 Å². The van der Waals surface area contributed by atoms with Crippen LogP contribution in [0.15, 0.2) is 30.5 Å². The molecule has 22 heavy (non-hydrogen) atoms. The van der Waals surface area contributed by atoms with E-state index in [0.29, 0.717) is 11.4 Å². The normalized spacial score (nSPS) is 10.5. The first-order valence-corrected chi connectivity index (χ1v) is 6.71. The maximum absolute atomic E-state index is 11.9. The zero-order chi connectivity index (χ0) is 16.1. The van der Waals surface area contributed by atoms with Crippen molar-refractivity contribution < 1.29 is 14.3 Å². The van der Waals surface area contributed by atoms with Crippen LogP contribution in [0, 0.1) is 0 Å². The maximum Gasteiger partial charge on any atom is 0.409 e. The van der Waals surface area contributed by atoms with E-state index in [1.807, 2.05) is 13.8 Å². The third kappa shape index (κ3) is 4.30. The molecule has 3 N–H and O–H groups in total. The number of aromatic nitrogens is 3. The summed E-state index contributed by atoms with van der Waals surface area (Å²) < 4.78 is 6.18. The van der Waals surface area contributed by atoms with Crippen LogP contribution in [0.5, 0.6) is 5.75 Å². The van der Waals surface area contributed by atoms with E-state index in [9.17, 15) is 9.59 Å². The van der Waals surface area contributed by atoms with Crippen LogP contribution < -0.4 is 15.8 Å². The van der Waals surface area contributed by atoms with Gasteiger partial charge in [0, 0.05) is 11.9 Å². The molecule has 0 unspecified atom stereocenters. The number of hydrogen-bond donors (Lipinski definition) is 2. The predicted octanol–water partition coefficient (Wildman–Crippen LogP) is 1.50. The molecule has 0 aliphatic rings. The molecule has 0 aliphatic carbocycles. The van der Waals surface area contributed by atoms with Gasteiger partial charge in [0.25, 0.3) is 0 Å². The molecule has 2 aromatic rings. The highest BCUT2D eigenvalue weighted by Crippen LogP contribution is 2.15. The highest BCUT2D eigenvalue weighted by atomic mass is 16.5. The van der Waals surface area contributed by atoms with Crippen molar-refractivity contribution in [3.63, 3.8) is 0 Å². The number of carbonyl (C=O) groups is 2. The van der Waals surface area contributed by atoms with Gasteiger partial charge in [-0.2, -0.15) is 0 Å². The second kappa shape index (κ2) is 6.70. The average molecular weight is 303 g/mol. The van der Waals surface area contributed by atoms with Crippen molar-refractivity contribution >= 4 is 17.7 Å². The number of primary amides is 1. The number of hydrogen-bond acceptors (Lipinski definition) is 5. The van der Waals surface area contributed by atoms with E-state index >= 15 is 0 Å². The van der Waals surface area contributed by atoms with Crippen molar-refractivity contribution in [3.05, 3.63) is 36.2 Å². The third-order valence-electron chi connectivity index (χ3n) is 2.81. The van der Waals surface area contributed by atoms with Gasteiger partial charge in [-0.1, -0.05) is 19.1 Å². The fraction of sp³-hybridized carbons (Fsp3) is 0.286. The molecule has 116 valence electrons. The fourth-order valence-corrected chi connectivity index (χ4v) is 1.73. The second-order valence-corrected chi connectivity index (χ2v) is 4.99. The zero-order valence-electron chi connectivity index (χ0n) is 12.3. The number of nitrogens with one attached hydrogen (secondary N) is 1. The molecule has 1 aromatic carbocycles. The summed E-state index contributed by atoms with van der Waals surface area (Å²) in [5.74, 6) is 0.335. The van der Waals surface area contributed by atoms with Gasteiger partial charge in [-0.05, 0) is 30.2 Å². The van der Waals surface area contributed by atoms with Crippen LogP contribution in [0.1, 0.15) is 25.5 Å². The van der Waals surface area contributed by atoms with Gasteiger partial charge in [-0.25, -0.2) is 9.48 Å². The summed E-state index contributed by atoms with van der Waals surface area (Å²) in [6.45, 7) is 4.08. The lowest BCUT2D eigenvalue weighted by molar-refractivity contribution is -0.116. The van der Waals surface area contributed by atoms with E-state index < -0.39 is 6.09 Å². The van der Waals surface area contributed by atoms with Crippen LogP contribution in [-0.4, -0.2) is 27.0 Å². The van der Waals surface area contributed by atoms with Crippen LogP contribution >= 0.6 is 0 Å². The molecule has 0 atom stereocenters. The summed E-state index contributed by atoms with van der Waals surface area (Å²) in [4.78, 5) is 22.5. The molecule has 0 radical (unpaired) electrons. The van der Waals surface area contributed by atoms with Gasteiger partial charge in [0.2, 0.25) is 5.91 Å². The quantitative estimate of drug-likeness (QED) is 0.869. The molecule has 1 aromatic heterocycles. The predicted molar refractivity (Wildman–Crippen MR) is 79.4 cm³/mol. The third-order valence-corrected chi connectivity index (χ3v) is 2.81. The molecular weight excluding hydrogens is 286 g/mol. The summed E-state index contributed by atoms with van der Waals surface area (Å²) >= 11 is 0. The Morgan fingerprint density at radius 1 is 1.32 bits per heavy atom. The van der Waals surface area contributed by atoms with Crippen LogP contribution in [0.3, 0.4) is 0 Å². The Hall–Kier alpha value is -2.90. The SMILES string of the molecule is CC(C)c1cn(CC(=O)Nc2ccc(OC(N)=O)cc2)nn1. The number of benzene rings is 1. The Morgan fingerprint density at radius 3 is 2.55 bits per heavy atom. The molecule has 2 amide bonds. The van der Waals surface area contributed by atoms with Crippen LogP contribution in [0.4, 0.5) is 10.5 Å². The van der Waals surface area contributed by atoms with E-state index in [-0.39, 0.29) is 18.4 Å². The molecule has 2 rings (SSSR count). The molecule has 1 heterocycles. The minimum Gasteiger partial charge on any atom is -0.411 e. The lowest BCUT2D eigenvalue weighted by Gasteiger charge is -2.06. The molecular formula is C14H17N5O3. The van der Waals surface area contributed by atoms with Crippen molar-refractivity contribution in [2.45, 2.75) is 26.3 Å². The highest BCUT2D eigenvalue weighted by molar-refractivity contribution is 5.90. The summed E-state index contributed by atoms with van der Waals surface area (Å²) in [6.07, 6.45) is 0.859. The Kier molecular flexibility index (Phi) is 4.72. The van der Waals surface area contributed by atoms with Gasteiger partial charge in [0.15, 0.2) is 0 Å². The lowest BCUT2D eigenvalue weighted by atomic mass is 10.2. The molecule has 8 heteroatoms. The van der Waals surface area contributed by atoms with Crippen molar-refractivity contribution in [1.29, 1.82) is 0 Å². The van der Waals surface area contributed by atoms with Crippen molar-refractivity contribution in [2.75, 3.05) is 5.32 Å². The summed E-state index contributed by atoms with van der Waals surface area (Å²) in [7, 11) is 0. The number of ether oxygens (including phenoxy) is 1. The summed E-state index contributed by atoms with van der Waals surface area (Å²) in [5.41, 5.74) is 6.31. The van der Waals surface area contributed by atoms with Gasteiger partial charge in [-0.3, -0.25) is 4.79 Å². The van der Waals surface area contributed by atoms with Gasteiger partial charge in [-0.15, -0.1) is 5.10 Å². The molecule has 8 nitrogen and oxygen atoms in total. The van der Waals surface area contributed by atoms with E-state index in [1.165, 1.54) is 16.8 Å². The van der Waals surface area contributed by atoms with E-state index in [4.69, 9.17) is 10.5 Å². The van der Waals surface area contributed by atoms with Crippen molar-refractivity contribution in [2.24, 2.45) is 5.73 Å². The molecule has 0 saturated heterocycles. The number of nitrogens with zero attached hydrogens (tertiary/aromatic N) is 3. The molecule has 0 bridgehead atoms. The lowest BCUT2D eigenvalue weighted by Crippen LogP contribution is -2.19. The first-order chi connectivity index (χ1) is 10.4. The molecule has 0 spiro atoms. The average Bonchev–Trinajstić information content (AvgIpc) is 2.89. The van der Waals surface area contributed by atoms with Gasteiger partial charge >= 0.3 is 6.09 Å². The van der Waals surface area contributed by atoms with Gasteiger partial charge < -0.3 is 15.8 Å². The number of amides is 2. The smallest absolute Gasteiger partial charge is 0.409 e. The van der Waals surface area contributed by atoms with Gasteiger partial charge in [0.1, 0.15) is 12.3 Å². The Morgan fingerprint density at radius 2 is 2.00 bits per heavy atom. The first-order valence-electron chi connectivity index (χ1n) is 6.71. The number of rotatable bonds is 5. The Labute approximate surface area is 127 Å². The second-order valence-electron chi connectivity index (χ2n) is 4.99. The fourth-order valence-electron chi connectivity index (χ4n) is 1.73. The van der Waals surface area contributed by atoms with Crippen molar-refractivity contribution in [3.8, 4) is 5.75 Å². The van der Waals surface area contributed by atoms with E-state index in [0.717, 1.165) is 5.69 Å². The Bertz CT molecular complexity index is 663. The van der Waals surface area contributed by atoms with E-state index in [1.54, 1.807) is 18.3 Å². The monoisotopic (exact) mass is 303 g/mol. The molecule has 0 aliphatic heterocycles. The van der Waals surface area contributed by atoms with Crippen molar-refractivity contribution in [1.82, 2.24) is 15.0 Å². The van der Waals surface area contributed by atoms with E-state index in [2.05, 4.69) is 15.6 Å². The molecule has 0 saturated carbocycles. The van der Waals surface area contributed by atoms with Crippen LogP contribution in [-0.2, 0) is 11.3 Å². The minimum absolute atomic E-state index is 0.0687. The largest absolute Gasteiger partial charge is 0.411 e. The van der Waals surface area contributed by atoms with Crippen LogP contribution in [0.25, 0.3) is 0 Å².